The van der Waals surface area contributed by atoms with E-state index in [1.807, 2.05) is 33.0 Å². The quantitative estimate of drug-likeness (QED) is 0.931. The molecule has 1 atom stereocenters. The summed E-state index contributed by atoms with van der Waals surface area (Å²) in [4.78, 5) is 11.4. The van der Waals surface area contributed by atoms with Crippen LogP contribution in [0.1, 0.15) is 41.9 Å². The molecule has 112 valence electrons. The van der Waals surface area contributed by atoms with Crippen molar-refractivity contribution in [1.29, 1.82) is 0 Å². The van der Waals surface area contributed by atoms with Crippen molar-refractivity contribution in [2.45, 2.75) is 39.3 Å². The van der Waals surface area contributed by atoms with E-state index in [0.29, 0.717) is 6.04 Å². The van der Waals surface area contributed by atoms with Gasteiger partial charge in [0.05, 0.1) is 17.4 Å². The third kappa shape index (κ3) is 3.05. The van der Waals surface area contributed by atoms with Crippen LogP contribution in [0.3, 0.4) is 0 Å². The molecule has 3 heterocycles. The molecule has 0 radical (unpaired) electrons. The minimum absolute atomic E-state index is 0.329. The van der Waals surface area contributed by atoms with Crippen molar-refractivity contribution >= 4 is 5.82 Å². The van der Waals surface area contributed by atoms with Gasteiger partial charge in [-0.05, 0) is 33.2 Å². The molecule has 6 heteroatoms. The van der Waals surface area contributed by atoms with Gasteiger partial charge in [0.15, 0.2) is 0 Å². The van der Waals surface area contributed by atoms with E-state index in [1.165, 1.54) is 6.42 Å². The fourth-order valence-electron chi connectivity index (χ4n) is 2.94. The van der Waals surface area contributed by atoms with Crippen LogP contribution in [-0.4, -0.2) is 33.6 Å². The molecule has 1 saturated heterocycles. The van der Waals surface area contributed by atoms with E-state index in [0.717, 1.165) is 48.3 Å². The zero-order chi connectivity index (χ0) is 14.8. The van der Waals surface area contributed by atoms with E-state index in [4.69, 9.17) is 4.52 Å². The lowest BCUT2D eigenvalue weighted by molar-refractivity contribution is 0.236. The van der Waals surface area contributed by atoms with Gasteiger partial charge in [-0.1, -0.05) is 5.16 Å². The number of nitrogens with zero attached hydrogens (tertiary/aromatic N) is 4. The molecule has 0 spiro atoms. The first-order chi connectivity index (χ1) is 10.2. The van der Waals surface area contributed by atoms with Gasteiger partial charge in [-0.15, -0.1) is 0 Å². The van der Waals surface area contributed by atoms with Crippen LogP contribution in [0.4, 0.5) is 5.82 Å². The van der Waals surface area contributed by atoms with Gasteiger partial charge < -0.3 is 9.84 Å². The Kier molecular flexibility index (Phi) is 3.88. The van der Waals surface area contributed by atoms with Crippen LogP contribution in [0, 0.1) is 13.8 Å². The fourth-order valence-corrected chi connectivity index (χ4v) is 2.94. The van der Waals surface area contributed by atoms with Crippen molar-refractivity contribution in [3.63, 3.8) is 0 Å². The molecule has 1 fully saturated rings. The highest BCUT2D eigenvalue weighted by molar-refractivity contribution is 5.36. The zero-order valence-corrected chi connectivity index (χ0v) is 12.8. The molecular weight excluding hydrogens is 266 g/mol. The van der Waals surface area contributed by atoms with Gasteiger partial charge in [0.2, 0.25) is 0 Å². The van der Waals surface area contributed by atoms with E-state index >= 15 is 0 Å². The summed E-state index contributed by atoms with van der Waals surface area (Å²) in [5.74, 6) is 2.54. The zero-order valence-electron chi connectivity index (χ0n) is 12.8. The topological polar surface area (TPSA) is 67.1 Å². The third-order valence-corrected chi connectivity index (χ3v) is 3.86. The standard InChI is InChI=1S/C15H21N5O/c1-10-7-12(19-21-10)9-20-6-4-5-14(20)13-8-15(16-3)18-11(2)17-13/h7-8,14H,4-6,9H2,1-3H3,(H,16,17,18)/t14-/m1/s1. The van der Waals surface area contributed by atoms with E-state index in [1.54, 1.807) is 0 Å². The van der Waals surface area contributed by atoms with Crippen LogP contribution in [0.5, 0.6) is 0 Å². The Morgan fingerprint density at radius 1 is 1.33 bits per heavy atom. The normalized spacial score (nSPS) is 19.1. The maximum absolute atomic E-state index is 5.16. The highest BCUT2D eigenvalue weighted by Crippen LogP contribution is 2.32. The summed E-state index contributed by atoms with van der Waals surface area (Å²) < 4.78 is 5.16. The first-order valence-corrected chi connectivity index (χ1v) is 7.35. The summed E-state index contributed by atoms with van der Waals surface area (Å²) >= 11 is 0. The van der Waals surface area contributed by atoms with Gasteiger partial charge in [0.1, 0.15) is 17.4 Å². The highest BCUT2D eigenvalue weighted by Gasteiger charge is 2.28. The Morgan fingerprint density at radius 3 is 2.90 bits per heavy atom. The second-order valence-corrected chi connectivity index (χ2v) is 5.53. The highest BCUT2D eigenvalue weighted by atomic mass is 16.5. The molecule has 0 aromatic carbocycles. The molecule has 0 unspecified atom stereocenters. The number of aryl methyl sites for hydroxylation is 2. The molecule has 1 N–H and O–H groups in total. The molecule has 6 nitrogen and oxygen atoms in total. The van der Waals surface area contributed by atoms with Gasteiger partial charge >= 0.3 is 0 Å². The van der Waals surface area contributed by atoms with Gasteiger partial charge in [-0.3, -0.25) is 4.90 Å². The van der Waals surface area contributed by atoms with Gasteiger partial charge in [-0.25, -0.2) is 9.97 Å². The molecular formula is C15H21N5O. The van der Waals surface area contributed by atoms with Gasteiger partial charge in [0.25, 0.3) is 0 Å². The van der Waals surface area contributed by atoms with Crippen molar-refractivity contribution in [3.05, 3.63) is 35.1 Å². The van der Waals surface area contributed by atoms with Crippen molar-refractivity contribution < 1.29 is 4.52 Å². The van der Waals surface area contributed by atoms with Crippen molar-refractivity contribution in [2.75, 3.05) is 18.9 Å². The molecule has 0 saturated carbocycles. The minimum Gasteiger partial charge on any atom is -0.373 e. The monoisotopic (exact) mass is 287 g/mol. The Balaban J connectivity index is 1.81. The second-order valence-electron chi connectivity index (χ2n) is 5.53. The lowest BCUT2D eigenvalue weighted by atomic mass is 10.1. The Morgan fingerprint density at radius 2 is 2.19 bits per heavy atom. The maximum atomic E-state index is 5.16. The molecule has 1 aliphatic heterocycles. The van der Waals surface area contributed by atoms with Crippen LogP contribution >= 0.6 is 0 Å². The number of aromatic nitrogens is 3. The van der Waals surface area contributed by atoms with Crippen molar-refractivity contribution in [3.8, 4) is 0 Å². The van der Waals surface area contributed by atoms with E-state index < -0.39 is 0 Å². The number of anilines is 1. The van der Waals surface area contributed by atoms with Crippen molar-refractivity contribution in [2.24, 2.45) is 0 Å². The number of hydrogen-bond donors (Lipinski definition) is 1. The summed E-state index contributed by atoms with van der Waals surface area (Å²) in [6.45, 7) is 5.73. The SMILES string of the molecule is CNc1cc([C@H]2CCCN2Cc2cc(C)on2)nc(C)n1. The Hall–Kier alpha value is -1.95. The molecule has 21 heavy (non-hydrogen) atoms. The lowest BCUT2D eigenvalue weighted by Gasteiger charge is -2.23. The van der Waals surface area contributed by atoms with E-state index in [9.17, 15) is 0 Å². The first-order valence-electron chi connectivity index (χ1n) is 7.35. The minimum atomic E-state index is 0.329. The summed E-state index contributed by atoms with van der Waals surface area (Å²) in [5, 5.41) is 7.20. The molecule has 0 aliphatic carbocycles. The van der Waals surface area contributed by atoms with Crippen LogP contribution in [0.25, 0.3) is 0 Å². The fraction of sp³-hybridized carbons (Fsp3) is 0.533. The summed E-state index contributed by atoms with van der Waals surface area (Å²) in [6, 6.07) is 4.37. The Labute approximate surface area is 124 Å². The summed E-state index contributed by atoms with van der Waals surface area (Å²) in [6.07, 6.45) is 2.30. The van der Waals surface area contributed by atoms with E-state index in [2.05, 4.69) is 25.3 Å². The molecule has 3 rings (SSSR count). The predicted octanol–water partition coefficient (Wildman–Crippen LogP) is 2.46. The summed E-state index contributed by atoms with van der Waals surface area (Å²) in [7, 11) is 1.89. The third-order valence-electron chi connectivity index (χ3n) is 3.86. The second kappa shape index (κ2) is 5.81. The average molecular weight is 287 g/mol. The van der Waals surface area contributed by atoms with Crippen LogP contribution in [0.15, 0.2) is 16.7 Å². The molecule has 2 aromatic heterocycles. The predicted molar refractivity (Wildman–Crippen MR) is 79.9 cm³/mol. The van der Waals surface area contributed by atoms with E-state index in [-0.39, 0.29) is 0 Å². The maximum Gasteiger partial charge on any atom is 0.133 e. The molecule has 1 aliphatic rings. The first kappa shape index (κ1) is 14.0. The molecule has 0 amide bonds. The van der Waals surface area contributed by atoms with Crippen LogP contribution in [-0.2, 0) is 6.54 Å². The van der Waals surface area contributed by atoms with Gasteiger partial charge in [0, 0.05) is 25.7 Å². The Bertz CT molecular complexity index is 624. The van der Waals surface area contributed by atoms with Crippen LogP contribution in [0.2, 0.25) is 0 Å². The number of nitrogens with one attached hydrogen (secondary N) is 1. The van der Waals surface area contributed by atoms with Gasteiger partial charge in [-0.2, -0.15) is 0 Å². The lowest BCUT2D eigenvalue weighted by Crippen LogP contribution is -2.24. The van der Waals surface area contributed by atoms with Crippen LogP contribution < -0.4 is 5.32 Å². The van der Waals surface area contributed by atoms with Crippen molar-refractivity contribution in [1.82, 2.24) is 20.0 Å². The summed E-state index contributed by atoms with van der Waals surface area (Å²) in [5.41, 5.74) is 2.07. The average Bonchev–Trinajstić information content (AvgIpc) is 3.08. The largest absolute Gasteiger partial charge is 0.373 e. The smallest absolute Gasteiger partial charge is 0.133 e. The number of hydrogen-bond acceptors (Lipinski definition) is 6. The number of rotatable bonds is 4. The molecule has 0 bridgehead atoms. The molecule has 2 aromatic rings. The number of likely N-dealkylation sites (tertiary alicyclic amines) is 1.